The van der Waals surface area contributed by atoms with Crippen LogP contribution in [0.25, 0.3) is 10.2 Å². The number of nitrogens with one attached hydrogen (secondary N) is 2. The van der Waals surface area contributed by atoms with Gasteiger partial charge in [0, 0.05) is 22.1 Å². The van der Waals surface area contributed by atoms with E-state index in [1.807, 2.05) is 31.2 Å². The fourth-order valence-electron chi connectivity index (χ4n) is 2.40. The zero-order chi connectivity index (χ0) is 17.8. The normalized spacial score (nSPS) is 10.8. The Morgan fingerprint density at radius 1 is 1.24 bits per heavy atom. The van der Waals surface area contributed by atoms with Gasteiger partial charge in [-0.05, 0) is 55.3 Å². The maximum Gasteiger partial charge on any atom is 0.239 e. The molecular weight excluding hydrogens is 374 g/mol. The monoisotopic (exact) mass is 391 g/mol. The van der Waals surface area contributed by atoms with Gasteiger partial charge in [-0.2, -0.15) is 0 Å². The summed E-state index contributed by atoms with van der Waals surface area (Å²) in [6.45, 7) is 4.12. The van der Waals surface area contributed by atoms with Crippen LogP contribution in [0.3, 0.4) is 0 Å². The summed E-state index contributed by atoms with van der Waals surface area (Å²) in [6.07, 6.45) is 0.420. The maximum atomic E-state index is 12.0. The molecule has 2 N–H and O–H groups in total. The first kappa shape index (κ1) is 18.0. The molecule has 0 saturated heterocycles. The molecule has 25 heavy (non-hydrogen) atoms. The molecule has 1 amide bonds. The van der Waals surface area contributed by atoms with E-state index in [0.29, 0.717) is 22.3 Å². The number of nitrogens with zero attached hydrogens (tertiary/aromatic N) is 1. The molecule has 7 heteroatoms. The van der Waals surface area contributed by atoms with E-state index in [4.69, 9.17) is 11.6 Å². The fraction of sp³-hybridized carbons (Fsp3) is 0.222. The Morgan fingerprint density at radius 2 is 2.00 bits per heavy atom. The highest BCUT2D eigenvalue weighted by molar-refractivity contribution is 7.99. The lowest BCUT2D eigenvalue weighted by atomic mass is 10.1. The van der Waals surface area contributed by atoms with Gasteiger partial charge in [0.1, 0.15) is 0 Å². The van der Waals surface area contributed by atoms with Crippen LogP contribution in [0.2, 0.25) is 5.02 Å². The number of halogens is 1. The van der Waals surface area contributed by atoms with Crippen LogP contribution in [0.15, 0.2) is 41.3 Å². The number of thiazole rings is 1. The SMILES string of the molecule is Cc1cc(C)c2nc(NNC(=O)CCSc3ccc(Cl)cc3)sc2c1. The van der Waals surface area contributed by atoms with Crippen LogP contribution in [-0.2, 0) is 4.79 Å². The first-order valence-corrected chi connectivity index (χ1v) is 10.0. The molecule has 0 spiro atoms. The van der Waals surface area contributed by atoms with Gasteiger partial charge in [0.25, 0.3) is 0 Å². The van der Waals surface area contributed by atoms with Crippen molar-refractivity contribution >= 4 is 56.0 Å². The third-order valence-electron chi connectivity index (χ3n) is 3.55. The van der Waals surface area contributed by atoms with Crippen molar-refractivity contribution in [1.82, 2.24) is 10.4 Å². The minimum Gasteiger partial charge on any atom is -0.273 e. The second kappa shape index (κ2) is 8.08. The number of amides is 1. The molecule has 0 bridgehead atoms. The highest BCUT2D eigenvalue weighted by Gasteiger charge is 2.08. The zero-order valence-corrected chi connectivity index (χ0v) is 16.3. The number of benzene rings is 2. The Balaban J connectivity index is 1.49. The number of hydrazine groups is 1. The number of anilines is 1. The van der Waals surface area contributed by atoms with E-state index >= 15 is 0 Å². The molecule has 2 aromatic carbocycles. The number of aromatic nitrogens is 1. The van der Waals surface area contributed by atoms with E-state index < -0.39 is 0 Å². The molecule has 0 saturated carbocycles. The third-order valence-corrected chi connectivity index (χ3v) is 5.73. The summed E-state index contributed by atoms with van der Waals surface area (Å²) in [4.78, 5) is 17.6. The third kappa shape index (κ3) is 4.87. The van der Waals surface area contributed by atoms with E-state index in [-0.39, 0.29) is 5.91 Å². The maximum absolute atomic E-state index is 12.0. The van der Waals surface area contributed by atoms with E-state index in [0.717, 1.165) is 20.7 Å². The topological polar surface area (TPSA) is 54.0 Å². The molecule has 0 fully saturated rings. The lowest BCUT2D eigenvalue weighted by Gasteiger charge is -2.05. The summed E-state index contributed by atoms with van der Waals surface area (Å²) in [5.74, 6) is 0.640. The highest BCUT2D eigenvalue weighted by atomic mass is 35.5. The van der Waals surface area contributed by atoms with Crippen LogP contribution in [0.1, 0.15) is 17.5 Å². The zero-order valence-electron chi connectivity index (χ0n) is 13.9. The predicted molar refractivity (Wildman–Crippen MR) is 108 cm³/mol. The molecule has 0 atom stereocenters. The van der Waals surface area contributed by atoms with Crippen LogP contribution in [0.5, 0.6) is 0 Å². The van der Waals surface area contributed by atoms with E-state index in [9.17, 15) is 4.79 Å². The van der Waals surface area contributed by atoms with E-state index in [1.165, 1.54) is 16.9 Å². The molecule has 4 nitrogen and oxygen atoms in total. The van der Waals surface area contributed by atoms with Crippen LogP contribution >= 0.6 is 34.7 Å². The van der Waals surface area contributed by atoms with Gasteiger partial charge in [-0.25, -0.2) is 4.98 Å². The predicted octanol–water partition coefficient (Wildman–Crippen LogP) is 5.19. The Bertz CT molecular complexity index is 893. The number of carbonyl (C=O) groups excluding carboxylic acids is 1. The molecule has 0 aliphatic heterocycles. The number of carbonyl (C=O) groups is 1. The number of hydrogen-bond acceptors (Lipinski definition) is 5. The summed E-state index contributed by atoms with van der Waals surface area (Å²) in [5, 5.41) is 1.41. The summed E-state index contributed by atoms with van der Waals surface area (Å²) in [5.41, 5.74) is 8.96. The van der Waals surface area contributed by atoms with Crippen LogP contribution in [0, 0.1) is 13.8 Å². The molecule has 0 unspecified atom stereocenters. The Kier molecular flexibility index (Phi) is 5.83. The van der Waals surface area contributed by atoms with Crippen molar-refractivity contribution in [3.8, 4) is 0 Å². The van der Waals surface area contributed by atoms with Gasteiger partial charge in [0.15, 0.2) is 0 Å². The molecule has 1 heterocycles. The summed E-state index contributed by atoms with van der Waals surface area (Å²) >= 11 is 9.02. The first-order valence-electron chi connectivity index (χ1n) is 7.82. The standard InChI is InChI=1S/C18H18ClN3OS2/c1-11-9-12(2)17-15(10-11)25-18(20-17)22-21-16(23)7-8-24-14-5-3-13(19)4-6-14/h3-6,9-10H,7-8H2,1-2H3,(H,20,22)(H,21,23). The smallest absolute Gasteiger partial charge is 0.239 e. The van der Waals surface area contributed by atoms with Crippen molar-refractivity contribution in [2.24, 2.45) is 0 Å². The number of fused-ring (bicyclic) bond motifs is 1. The average Bonchev–Trinajstić information content (AvgIpc) is 2.98. The molecular formula is C18H18ClN3OS2. The Morgan fingerprint density at radius 3 is 2.76 bits per heavy atom. The number of thioether (sulfide) groups is 1. The summed E-state index contributed by atoms with van der Waals surface area (Å²) < 4.78 is 1.12. The van der Waals surface area contributed by atoms with Gasteiger partial charge >= 0.3 is 0 Å². The summed E-state index contributed by atoms with van der Waals surface area (Å²) in [7, 11) is 0. The molecule has 130 valence electrons. The minimum absolute atomic E-state index is 0.0615. The Hall–Kier alpha value is -1.76. The van der Waals surface area contributed by atoms with Crippen molar-refractivity contribution in [3.63, 3.8) is 0 Å². The van der Waals surface area contributed by atoms with Gasteiger partial charge in [-0.1, -0.05) is 29.0 Å². The molecule has 0 aliphatic carbocycles. The molecule has 3 aromatic rings. The van der Waals surface area contributed by atoms with Gasteiger partial charge < -0.3 is 0 Å². The van der Waals surface area contributed by atoms with Crippen LogP contribution in [0.4, 0.5) is 5.13 Å². The minimum atomic E-state index is -0.0615. The lowest BCUT2D eigenvalue weighted by molar-refractivity contribution is -0.120. The molecule has 1 aromatic heterocycles. The van der Waals surface area contributed by atoms with Crippen molar-refractivity contribution in [1.29, 1.82) is 0 Å². The van der Waals surface area contributed by atoms with Crippen molar-refractivity contribution in [3.05, 3.63) is 52.5 Å². The van der Waals surface area contributed by atoms with Gasteiger partial charge in [-0.3, -0.25) is 15.6 Å². The van der Waals surface area contributed by atoms with Crippen LogP contribution in [-0.4, -0.2) is 16.6 Å². The molecule has 0 aliphatic rings. The fourth-order valence-corrected chi connectivity index (χ4v) is 4.38. The van der Waals surface area contributed by atoms with Gasteiger partial charge in [0.2, 0.25) is 11.0 Å². The van der Waals surface area contributed by atoms with Crippen molar-refractivity contribution < 1.29 is 4.79 Å². The summed E-state index contributed by atoms with van der Waals surface area (Å²) in [6, 6.07) is 11.8. The van der Waals surface area contributed by atoms with Gasteiger partial charge in [0.05, 0.1) is 10.2 Å². The van der Waals surface area contributed by atoms with Crippen molar-refractivity contribution in [2.75, 3.05) is 11.2 Å². The second-order valence-corrected chi connectivity index (χ2v) is 8.31. The van der Waals surface area contributed by atoms with E-state index in [2.05, 4.69) is 34.9 Å². The number of rotatable bonds is 6. The number of hydrogen-bond donors (Lipinski definition) is 2. The molecule has 0 radical (unpaired) electrons. The highest BCUT2D eigenvalue weighted by Crippen LogP contribution is 2.28. The quantitative estimate of drug-likeness (QED) is 0.448. The lowest BCUT2D eigenvalue weighted by Crippen LogP contribution is -2.29. The van der Waals surface area contributed by atoms with Gasteiger partial charge in [-0.15, -0.1) is 11.8 Å². The van der Waals surface area contributed by atoms with Crippen molar-refractivity contribution in [2.45, 2.75) is 25.2 Å². The molecule has 3 rings (SSSR count). The average molecular weight is 392 g/mol. The van der Waals surface area contributed by atoms with Crippen LogP contribution < -0.4 is 10.9 Å². The second-order valence-electron chi connectivity index (χ2n) is 5.67. The Labute approximate surface area is 160 Å². The largest absolute Gasteiger partial charge is 0.273 e. The first-order chi connectivity index (χ1) is 12.0. The number of aryl methyl sites for hydroxylation is 2. The van der Waals surface area contributed by atoms with E-state index in [1.54, 1.807) is 11.8 Å².